The van der Waals surface area contributed by atoms with Crippen molar-refractivity contribution < 1.29 is 0 Å². The number of aromatic nitrogens is 2. The highest BCUT2D eigenvalue weighted by molar-refractivity contribution is 5.02. The molecule has 0 aliphatic carbocycles. The summed E-state index contributed by atoms with van der Waals surface area (Å²) in [7, 11) is 1.91. The van der Waals surface area contributed by atoms with Crippen LogP contribution < -0.4 is 11.1 Å². The summed E-state index contributed by atoms with van der Waals surface area (Å²) in [5, 5.41) is 7.23. The molecule has 0 atom stereocenters. The molecular formula is C7H14N4. The van der Waals surface area contributed by atoms with Crippen LogP contribution in [0.15, 0.2) is 12.4 Å². The number of hydrogen-bond donors (Lipinski definition) is 2. The first-order valence-electron chi connectivity index (χ1n) is 3.71. The second-order valence-electron chi connectivity index (χ2n) is 2.49. The summed E-state index contributed by atoms with van der Waals surface area (Å²) < 4.78 is 1.79. The molecule has 0 saturated carbocycles. The van der Waals surface area contributed by atoms with Gasteiger partial charge in [-0.1, -0.05) is 0 Å². The largest absolute Gasteiger partial charge is 0.329 e. The van der Waals surface area contributed by atoms with Crippen molar-refractivity contribution in [3.63, 3.8) is 0 Å². The van der Waals surface area contributed by atoms with Crippen LogP contribution in [0.2, 0.25) is 0 Å². The predicted molar refractivity (Wildman–Crippen MR) is 44.0 cm³/mol. The van der Waals surface area contributed by atoms with Crippen LogP contribution in [-0.2, 0) is 13.6 Å². The summed E-state index contributed by atoms with van der Waals surface area (Å²) in [5.74, 6) is 0. The minimum absolute atomic E-state index is 0.681. The van der Waals surface area contributed by atoms with Gasteiger partial charge >= 0.3 is 0 Å². The molecular weight excluding hydrogens is 140 g/mol. The van der Waals surface area contributed by atoms with Gasteiger partial charge in [0.15, 0.2) is 0 Å². The molecule has 0 fully saturated rings. The van der Waals surface area contributed by atoms with Crippen molar-refractivity contribution in [1.82, 2.24) is 15.1 Å². The van der Waals surface area contributed by atoms with E-state index in [2.05, 4.69) is 10.4 Å². The maximum Gasteiger partial charge on any atom is 0.0534 e. The molecule has 0 unspecified atom stereocenters. The second kappa shape index (κ2) is 4.10. The van der Waals surface area contributed by atoms with Crippen LogP contribution in [0.4, 0.5) is 0 Å². The molecule has 62 valence electrons. The van der Waals surface area contributed by atoms with Gasteiger partial charge in [0.25, 0.3) is 0 Å². The lowest BCUT2D eigenvalue weighted by molar-refractivity contribution is 0.693. The Hall–Kier alpha value is -0.870. The van der Waals surface area contributed by atoms with Crippen molar-refractivity contribution in [2.45, 2.75) is 6.54 Å². The van der Waals surface area contributed by atoms with Gasteiger partial charge in [0.05, 0.1) is 6.20 Å². The smallest absolute Gasteiger partial charge is 0.0534 e. The molecule has 0 aliphatic rings. The van der Waals surface area contributed by atoms with Gasteiger partial charge in [-0.15, -0.1) is 0 Å². The van der Waals surface area contributed by atoms with Gasteiger partial charge in [-0.25, -0.2) is 0 Å². The van der Waals surface area contributed by atoms with Crippen molar-refractivity contribution in [2.24, 2.45) is 12.8 Å². The van der Waals surface area contributed by atoms with Crippen molar-refractivity contribution in [3.05, 3.63) is 18.0 Å². The minimum Gasteiger partial charge on any atom is -0.329 e. The number of nitrogens with two attached hydrogens (primary N) is 1. The Morgan fingerprint density at radius 2 is 2.55 bits per heavy atom. The normalized spacial score (nSPS) is 10.4. The zero-order valence-corrected chi connectivity index (χ0v) is 6.75. The van der Waals surface area contributed by atoms with Crippen molar-refractivity contribution in [3.8, 4) is 0 Å². The third-order valence-corrected chi connectivity index (χ3v) is 1.41. The number of rotatable bonds is 4. The van der Waals surface area contributed by atoms with E-state index in [-0.39, 0.29) is 0 Å². The van der Waals surface area contributed by atoms with E-state index in [0.717, 1.165) is 13.1 Å². The Labute approximate surface area is 66.4 Å². The topological polar surface area (TPSA) is 55.9 Å². The van der Waals surface area contributed by atoms with Gasteiger partial charge in [0.2, 0.25) is 0 Å². The number of nitrogens with one attached hydrogen (secondary N) is 1. The quantitative estimate of drug-likeness (QED) is 0.573. The summed E-state index contributed by atoms with van der Waals surface area (Å²) in [5.41, 5.74) is 6.51. The maximum atomic E-state index is 5.31. The molecule has 0 aromatic carbocycles. The third-order valence-electron chi connectivity index (χ3n) is 1.41. The second-order valence-corrected chi connectivity index (χ2v) is 2.49. The van der Waals surface area contributed by atoms with Gasteiger partial charge in [-0.05, 0) is 0 Å². The minimum atomic E-state index is 0.681. The summed E-state index contributed by atoms with van der Waals surface area (Å²) >= 11 is 0. The molecule has 1 heterocycles. The van der Waals surface area contributed by atoms with E-state index in [1.807, 2.05) is 19.4 Å². The van der Waals surface area contributed by atoms with E-state index in [4.69, 9.17) is 5.73 Å². The summed E-state index contributed by atoms with van der Waals surface area (Å²) in [6.07, 6.45) is 3.84. The molecule has 1 rings (SSSR count). The van der Waals surface area contributed by atoms with Crippen LogP contribution >= 0.6 is 0 Å². The first-order chi connectivity index (χ1) is 5.33. The molecule has 0 bridgehead atoms. The highest BCUT2D eigenvalue weighted by Gasteiger charge is 1.92. The molecule has 1 aromatic heterocycles. The Morgan fingerprint density at radius 3 is 3.09 bits per heavy atom. The number of nitrogens with zero attached hydrogens (tertiary/aromatic N) is 2. The first-order valence-corrected chi connectivity index (χ1v) is 3.71. The predicted octanol–water partition coefficient (Wildman–Crippen LogP) is -0.532. The highest BCUT2D eigenvalue weighted by Crippen LogP contribution is 1.93. The lowest BCUT2D eigenvalue weighted by Crippen LogP contribution is -2.21. The first kappa shape index (κ1) is 8.23. The van der Waals surface area contributed by atoms with E-state index in [0.29, 0.717) is 6.54 Å². The monoisotopic (exact) mass is 154 g/mol. The molecule has 0 spiro atoms. The Bertz CT molecular complexity index is 206. The molecule has 4 heteroatoms. The lowest BCUT2D eigenvalue weighted by Gasteiger charge is -1.97. The maximum absolute atomic E-state index is 5.31. The molecule has 0 amide bonds. The van der Waals surface area contributed by atoms with Gasteiger partial charge in [0, 0.05) is 38.4 Å². The van der Waals surface area contributed by atoms with E-state index >= 15 is 0 Å². The van der Waals surface area contributed by atoms with Crippen molar-refractivity contribution in [2.75, 3.05) is 13.1 Å². The van der Waals surface area contributed by atoms with E-state index < -0.39 is 0 Å². The fourth-order valence-electron chi connectivity index (χ4n) is 0.898. The fraction of sp³-hybridized carbons (Fsp3) is 0.571. The zero-order chi connectivity index (χ0) is 8.10. The molecule has 0 radical (unpaired) electrons. The standard InChI is InChI=1S/C7H14N4/c1-11-6-7(5-10-11)4-9-3-2-8/h5-6,9H,2-4,8H2,1H3. The highest BCUT2D eigenvalue weighted by atomic mass is 15.2. The SMILES string of the molecule is Cn1cc(CNCCN)cn1. The van der Waals surface area contributed by atoms with Gasteiger partial charge in [-0.3, -0.25) is 4.68 Å². The van der Waals surface area contributed by atoms with Crippen LogP contribution in [-0.4, -0.2) is 22.9 Å². The molecule has 4 nitrogen and oxygen atoms in total. The van der Waals surface area contributed by atoms with E-state index in [9.17, 15) is 0 Å². The fourth-order valence-corrected chi connectivity index (χ4v) is 0.898. The molecule has 3 N–H and O–H groups in total. The Balaban J connectivity index is 2.27. The van der Waals surface area contributed by atoms with Crippen molar-refractivity contribution in [1.29, 1.82) is 0 Å². The molecule has 0 saturated heterocycles. The van der Waals surface area contributed by atoms with E-state index in [1.54, 1.807) is 4.68 Å². The summed E-state index contributed by atoms with van der Waals surface area (Å²) in [4.78, 5) is 0. The van der Waals surface area contributed by atoms with E-state index in [1.165, 1.54) is 5.56 Å². The molecule has 11 heavy (non-hydrogen) atoms. The Kier molecular flexibility index (Phi) is 3.07. The Morgan fingerprint density at radius 1 is 1.73 bits per heavy atom. The van der Waals surface area contributed by atoms with Crippen LogP contribution in [0.25, 0.3) is 0 Å². The number of hydrogen-bond acceptors (Lipinski definition) is 3. The summed E-state index contributed by atoms with van der Waals surface area (Å²) in [6, 6.07) is 0. The van der Waals surface area contributed by atoms with Crippen LogP contribution in [0, 0.1) is 0 Å². The average Bonchev–Trinajstić information content (AvgIpc) is 2.37. The lowest BCUT2D eigenvalue weighted by atomic mass is 10.3. The van der Waals surface area contributed by atoms with Crippen LogP contribution in [0.3, 0.4) is 0 Å². The van der Waals surface area contributed by atoms with Gasteiger partial charge in [-0.2, -0.15) is 5.10 Å². The zero-order valence-electron chi connectivity index (χ0n) is 6.75. The molecule has 1 aromatic rings. The number of aryl methyl sites for hydroxylation is 1. The van der Waals surface area contributed by atoms with Gasteiger partial charge in [0.1, 0.15) is 0 Å². The van der Waals surface area contributed by atoms with Gasteiger partial charge < -0.3 is 11.1 Å². The van der Waals surface area contributed by atoms with Crippen LogP contribution in [0.5, 0.6) is 0 Å². The van der Waals surface area contributed by atoms with Crippen LogP contribution in [0.1, 0.15) is 5.56 Å². The molecule has 0 aliphatic heterocycles. The van der Waals surface area contributed by atoms with Crippen molar-refractivity contribution >= 4 is 0 Å². The average molecular weight is 154 g/mol. The summed E-state index contributed by atoms with van der Waals surface area (Å²) in [6.45, 7) is 2.39. The third kappa shape index (κ3) is 2.69.